The van der Waals surface area contributed by atoms with Gasteiger partial charge in [-0.1, -0.05) is 36.4 Å². The van der Waals surface area contributed by atoms with Crippen molar-refractivity contribution in [2.75, 3.05) is 57.8 Å². The van der Waals surface area contributed by atoms with Gasteiger partial charge in [-0.2, -0.15) is 0 Å². The van der Waals surface area contributed by atoms with Crippen LogP contribution in [0.4, 0.5) is 5.82 Å². The fourth-order valence-corrected chi connectivity index (χ4v) is 4.39. The molecule has 3 heterocycles. The SMILES string of the molecule is CN=C(NCC(c1ccccc1)N1CCCC1)N1CCN(c2ccccn2)CC1.I. The summed E-state index contributed by atoms with van der Waals surface area (Å²) in [6.07, 6.45) is 4.46. The van der Waals surface area contributed by atoms with Gasteiger partial charge in [0.2, 0.25) is 0 Å². The molecule has 0 spiro atoms. The Morgan fingerprint density at radius 1 is 0.967 bits per heavy atom. The summed E-state index contributed by atoms with van der Waals surface area (Å²) in [6.45, 7) is 7.09. The molecule has 1 aromatic heterocycles. The molecule has 30 heavy (non-hydrogen) atoms. The molecule has 0 saturated carbocycles. The summed E-state index contributed by atoms with van der Waals surface area (Å²) < 4.78 is 0. The van der Waals surface area contributed by atoms with Crippen LogP contribution in [0.2, 0.25) is 0 Å². The van der Waals surface area contributed by atoms with Gasteiger partial charge in [0, 0.05) is 46.0 Å². The molecule has 2 aliphatic heterocycles. The highest BCUT2D eigenvalue weighted by Crippen LogP contribution is 2.24. The molecule has 0 aliphatic carbocycles. The van der Waals surface area contributed by atoms with Crippen molar-refractivity contribution in [3.63, 3.8) is 0 Å². The smallest absolute Gasteiger partial charge is 0.193 e. The number of halogens is 1. The highest BCUT2D eigenvalue weighted by atomic mass is 127. The van der Waals surface area contributed by atoms with E-state index in [0.29, 0.717) is 6.04 Å². The van der Waals surface area contributed by atoms with Gasteiger partial charge >= 0.3 is 0 Å². The van der Waals surface area contributed by atoms with E-state index in [0.717, 1.165) is 44.5 Å². The first-order valence-electron chi connectivity index (χ1n) is 10.8. The molecule has 0 bridgehead atoms. The monoisotopic (exact) mass is 520 g/mol. The van der Waals surface area contributed by atoms with Crippen molar-refractivity contribution in [3.8, 4) is 0 Å². The maximum atomic E-state index is 4.58. The summed E-state index contributed by atoms with van der Waals surface area (Å²) in [5.41, 5.74) is 1.39. The number of benzene rings is 1. The Balaban J connectivity index is 0.00000256. The first-order chi connectivity index (χ1) is 14.3. The van der Waals surface area contributed by atoms with Gasteiger partial charge in [-0.05, 0) is 43.6 Å². The van der Waals surface area contributed by atoms with Crippen LogP contribution in [0.5, 0.6) is 0 Å². The predicted octanol–water partition coefficient (Wildman–Crippen LogP) is 3.23. The van der Waals surface area contributed by atoms with Crippen LogP contribution in [0, 0.1) is 0 Å². The molecule has 7 heteroatoms. The van der Waals surface area contributed by atoms with E-state index < -0.39 is 0 Å². The van der Waals surface area contributed by atoms with Gasteiger partial charge < -0.3 is 15.1 Å². The second kappa shape index (κ2) is 11.5. The van der Waals surface area contributed by atoms with Crippen LogP contribution in [-0.4, -0.2) is 73.6 Å². The summed E-state index contributed by atoms with van der Waals surface area (Å²) in [5.74, 6) is 2.07. The predicted molar refractivity (Wildman–Crippen MR) is 135 cm³/mol. The topological polar surface area (TPSA) is 47.0 Å². The van der Waals surface area contributed by atoms with Gasteiger partial charge in [-0.3, -0.25) is 9.89 Å². The lowest BCUT2D eigenvalue weighted by Gasteiger charge is -2.38. The average molecular weight is 520 g/mol. The number of hydrogen-bond acceptors (Lipinski definition) is 4. The van der Waals surface area contributed by atoms with Crippen molar-refractivity contribution in [2.24, 2.45) is 4.99 Å². The maximum absolute atomic E-state index is 4.58. The normalized spacial score (nSPS) is 18.8. The summed E-state index contributed by atoms with van der Waals surface area (Å²) in [7, 11) is 1.89. The largest absolute Gasteiger partial charge is 0.354 e. The fourth-order valence-electron chi connectivity index (χ4n) is 4.39. The Hall–Kier alpha value is -1.87. The van der Waals surface area contributed by atoms with E-state index in [1.54, 1.807) is 0 Å². The van der Waals surface area contributed by atoms with Crippen molar-refractivity contribution in [3.05, 3.63) is 60.3 Å². The lowest BCUT2D eigenvalue weighted by Crippen LogP contribution is -2.53. The van der Waals surface area contributed by atoms with Crippen molar-refractivity contribution in [2.45, 2.75) is 18.9 Å². The Labute approximate surface area is 197 Å². The molecule has 1 N–H and O–H groups in total. The maximum Gasteiger partial charge on any atom is 0.193 e. The van der Waals surface area contributed by atoms with E-state index in [9.17, 15) is 0 Å². The summed E-state index contributed by atoms with van der Waals surface area (Å²) in [5, 5.41) is 3.67. The Bertz CT molecular complexity index is 771. The van der Waals surface area contributed by atoms with E-state index in [4.69, 9.17) is 0 Å². The zero-order chi connectivity index (χ0) is 19.9. The van der Waals surface area contributed by atoms with Crippen LogP contribution in [-0.2, 0) is 0 Å². The minimum atomic E-state index is 0. The molecular weight excluding hydrogens is 487 g/mol. The lowest BCUT2D eigenvalue weighted by molar-refractivity contribution is 0.243. The molecule has 1 unspecified atom stereocenters. The molecule has 1 atom stereocenters. The molecule has 0 amide bonds. The fraction of sp³-hybridized carbons (Fsp3) is 0.478. The molecule has 2 saturated heterocycles. The molecule has 2 fully saturated rings. The quantitative estimate of drug-likeness (QED) is 0.373. The number of anilines is 1. The van der Waals surface area contributed by atoms with E-state index in [2.05, 4.69) is 72.5 Å². The second-order valence-electron chi connectivity index (χ2n) is 7.76. The average Bonchev–Trinajstić information content (AvgIpc) is 3.33. The van der Waals surface area contributed by atoms with Crippen LogP contribution in [0.15, 0.2) is 59.7 Å². The third-order valence-corrected chi connectivity index (χ3v) is 5.98. The minimum absolute atomic E-state index is 0. The van der Waals surface area contributed by atoms with Crippen molar-refractivity contribution >= 4 is 35.8 Å². The lowest BCUT2D eigenvalue weighted by atomic mass is 10.1. The van der Waals surface area contributed by atoms with Crippen LogP contribution in [0.3, 0.4) is 0 Å². The Morgan fingerprint density at radius 3 is 2.30 bits per heavy atom. The van der Waals surface area contributed by atoms with Crippen molar-refractivity contribution in [1.82, 2.24) is 20.1 Å². The first kappa shape index (κ1) is 22.8. The molecule has 0 radical (unpaired) electrons. The number of hydrogen-bond donors (Lipinski definition) is 1. The van der Waals surface area contributed by atoms with Gasteiger partial charge in [0.05, 0.1) is 6.04 Å². The van der Waals surface area contributed by atoms with Gasteiger partial charge in [-0.15, -0.1) is 24.0 Å². The number of aliphatic imine (C=N–C) groups is 1. The van der Waals surface area contributed by atoms with Crippen LogP contribution >= 0.6 is 24.0 Å². The molecule has 2 aromatic rings. The second-order valence-corrected chi connectivity index (χ2v) is 7.76. The number of piperazine rings is 1. The van der Waals surface area contributed by atoms with Gasteiger partial charge in [0.1, 0.15) is 5.82 Å². The highest BCUT2D eigenvalue weighted by Gasteiger charge is 2.25. The Kier molecular flexibility index (Phi) is 8.74. The van der Waals surface area contributed by atoms with E-state index in [1.165, 1.54) is 31.5 Å². The van der Waals surface area contributed by atoms with Gasteiger partial charge in [0.15, 0.2) is 5.96 Å². The van der Waals surface area contributed by atoms with E-state index in [1.807, 2.05) is 19.3 Å². The number of aromatic nitrogens is 1. The number of guanidine groups is 1. The van der Waals surface area contributed by atoms with E-state index >= 15 is 0 Å². The number of rotatable bonds is 5. The number of pyridine rings is 1. The van der Waals surface area contributed by atoms with Gasteiger partial charge in [0.25, 0.3) is 0 Å². The molecule has 4 rings (SSSR count). The van der Waals surface area contributed by atoms with Crippen molar-refractivity contribution in [1.29, 1.82) is 0 Å². The van der Waals surface area contributed by atoms with E-state index in [-0.39, 0.29) is 24.0 Å². The summed E-state index contributed by atoms with van der Waals surface area (Å²) >= 11 is 0. The van der Waals surface area contributed by atoms with Crippen LogP contribution in [0.1, 0.15) is 24.4 Å². The van der Waals surface area contributed by atoms with Gasteiger partial charge in [-0.25, -0.2) is 4.98 Å². The summed E-state index contributed by atoms with van der Waals surface area (Å²) in [4.78, 5) is 16.4. The van der Waals surface area contributed by atoms with Crippen LogP contribution in [0.25, 0.3) is 0 Å². The molecule has 1 aromatic carbocycles. The molecule has 162 valence electrons. The Morgan fingerprint density at radius 2 is 1.67 bits per heavy atom. The highest BCUT2D eigenvalue weighted by molar-refractivity contribution is 14.0. The summed E-state index contributed by atoms with van der Waals surface area (Å²) in [6, 6.07) is 17.4. The minimum Gasteiger partial charge on any atom is -0.354 e. The number of nitrogens with zero attached hydrogens (tertiary/aromatic N) is 5. The number of likely N-dealkylation sites (tertiary alicyclic amines) is 1. The standard InChI is InChI=1S/C23H32N6.HI/c1-24-23(29-17-15-28(16-18-29)22-11-5-6-12-25-22)26-19-21(27-13-7-8-14-27)20-9-3-2-4-10-20;/h2-6,9-12,21H,7-8,13-19H2,1H3,(H,24,26);1H. The van der Waals surface area contributed by atoms with Crippen LogP contribution < -0.4 is 10.2 Å². The molecular formula is C23H33IN6. The first-order valence-corrected chi connectivity index (χ1v) is 10.8. The third-order valence-electron chi connectivity index (χ3n) is 5.98. The van der Waals surface area contributed by atoms with Crippen molar-refractivity contribution < 1.29 is 0 Å². The molecule has 2 aliphatic rings. The zero-order valence-corrected chi connectivity index (χ0v) is 20.1. The zero-order valence-electron chi connectivity index (χ0n) is 17.8. The molecule has 6 nitrogen and oxygen atoms in total. The third kappa shape index (κ3) is 5.63. The number of nitrogens with one attached hydrogen (secondary N) is 1.